The Morgan fingerprint density at radius 1 is 1.17 bits per heavy atom. The molecule has 2 rings (SSSR count). The number of nitrogens with zero attached hydrogens (tertiary/aromatic N) is 1. The SMILES string of the molecule is CC.CC(C)[C@@H]1CC[C@@H](C)C[C@H]1C(=O)Cc1ccc(CC#N)cc1. The van der Waals surface area contributed by atoms with Crippen LogP contribution in [0.1, 0.15) is 65.0 Å². The highest BCUT2D eigenvalue weighted by atomic mass is 16.1. The minimum Gasteiger partial charge on any atom is -0.299 e. The van der Waals surface area contributed by atoms with Crippen LogP contribution in [0.25, 0.3) is 0 Å². The summed E-state index contributed by atoms with van der Waals surface area (Å²) < 4.78 is 0. The van der Waals surface area contributed by atoms with Crippen LogP contribution in [0.15, 0.2) is 24.3 Å². The highest BCUT2D eigenvalue weighted by Crippen LogP contribution is 2.38. The van der Waals surface area contributed by atoms with E-state index in [1.54, 1.807) is 0 Å². The number of ketones is 1. The van der Waals surface area contributed by atoms with Crippen LogP contribution in [0, 0.1) is 35.0 Å². The average Bonchev–Trinajstić information content (AvgIpc) is 2.58. The molecule has 1 aliphatic carbocycles. The van der Waals surface area contributed by atoms with Crippen LogP contribution in [0.4, 0.5) is 0 Å². The number of nitriles is 1. The van der Waals surface area contributed by atoms with Gasteiger partial charge < -0.3 is 0 Å². The van der Waals surface area contributed by atoms with E-state index >= 15 is 0 Å². The Morgan fingerprint density at radius 2 is 1.75 bits per heavy atom. The second-order valence-electron chi connectivity index (χ2n) is 7.23. The van der Waals surface area contributed by atoms with Crippen molar-refractivity contribution in [3.05, 3.63) is 35.4 Å². The lowest BCUT2D eigenvalue weighted by molar-refractivity contribution is -0.126. The van der Waals surface area contributed by atoms with E-state index in [2.05, 4.69) is 26.8 Å². The van der Waals surface area contributed by atoms with Crippen molar-refractivity contribution in [3.63, 3.8) is 0 Å². The topological polar surface area (TPSA) is 40.9 Å². The normalized spacial score (nSPS) is 23.1. The van der Waals surface area contributed by atoms with Crippen molar-refractivity contribution in [2.75, 3.05) is 0 Å². The average molecular weight is 328 g/mol. The monoisotopic (exact) mass is 327 g/mol. The molecule has 1 aromatic carbocycles. The van der Waals surface area contributed by atoms with Crippen LogP contribution >= 0.6 is 0 Å². The van der Waals surface area contributed by atoms with Gasteiger partial charge in [-0.3, -0.25) is 4.79 Å². The van der Waals surface area contributed by atoms with E-state index in [1.807, 2.05) is 38.1 Å². The fraction of sp³-hybridized carbons (Fsp3) is 0.636. The maximum Gasteiger partial charge on any atom is 0.140 e. The second-order valence-corrected chi connectivity index (χ2v) is 7.23. The number of rotatable bonds is 5. The molecular weight excluding hydrogens is 294 g/mol. The van der Waals surface area contributed by atoms with Crippen molar-refractivity contribution in [1.82, 2.24) is 0 Å². The molecule has 0 saturated heterocycles. The van der Waals surface area contributed by atoms with E-state index in [0.29, 0.717) is 36.4 Å². The van der Waals surface area contributed by atoms with Crippen molar-refractivity contribution in [2.24, 2.45) is 23.7 Å². The number of Topliss-reactive ketones (excluding diaryl/α,β-unsaturated/α-hetero) is 1. The van der Waals surface area contributed by atoms with E-state index in [4.69, 9.17) is 5.26 Å². The largest absolute Gasteiger partial charge is 0.299 e. The van der Waals surface area contributed by atoms with Crippen molar-refractivity contribution >= 4 is 5.78 Å². The lowest BCUT2D eigenvalue weighted by atomic mass is 9.68. The third-order valence-corrected chi connectivity index (χ3v) is 5.12. The first kappa shape index (κ1) is 20.4. The number of carbonyl (C=O) groups is 1. The molecule has 0 unspecified atom stereocenters. The predicted molar refractivity (Wildman–Crippen MR) is 101 cm³/mol. The maximum absolute atomic E-state index is 12.8. The van der Waals surface area contributed by atoms with Gasteiger partial charge in [-0.2, -0.15) is 5.26 Å². The molecule has 3 atom stereocenters. The van der Waals surface area contributed by atoms with Crippen LogP contribution in [0.5, 0.6) is 0 Å². The molecule has 0 amide bonds. The van der Waals surface area contributed by atoms with Gasteiger partial charge in [-0.25, -0.2) is 0 Å². The summed E-state index contributed by atoms with van der Waals surface area (Å²) in [6, 6.07) is 10.1. The molecule has 0 bridgehead atoms. The van der Waals surface area contributed by atoms with Crippen molar-refractivity contribution < 1.29 is 4.79 Å². The summed E-state index contributed by atoms with van der Waals surface area (Å²) in [6.45, 7) is 10.8. The summed E-state index contributed by atoms with van der Waals surface area (Å²) in [6.07, 6.45) is 4.47. The maximum atomic E-state index is 12.8. The molecule has 0 aromatic heterocycles. The lowest BCUT2D eigenvalue weighted by Crippen LogP contribution is -2.34. The highest BCUT2D eigenvalue weighted by molar-refractivity contribution is 5.83. The van der Waals surface area contributed by atoms with Gasteiger partial charge in [-0.1, -0.05) is 65.3 Å². The van der Waals surface area contributed by atoms with Gasteiger partial charge in [0.1, 0.15) is 5.78 Å². The standard InChI is InChI=1S/C20H27NO.C2H6/c1-14(2)18-9-4-15(3)12-19(18)20(22)13-17-7-5-16(6-8-17)10-11-21;1-2/h5-8,14-15,18-19H,4,9-10,12-13H2,1-3H3;1-2H3/t15-,18+,19-;/m1./s1. The molecule has 0 spiro atoms. The number of hydrogen-bond donors (Lipinski definition) is 0. The third kappa shape index (κ3) is 5.78. The van der Waals surface area contributed by atoms with Gasteiger partial charge >= 0.3 is 0 Å². The molecule has 1 aromatic rings. The summed E-state index contributed by atoms with van der Waals surface area (Å²) >= 11 is 0. The lowest BCUT2D eigenvalue weighted by Gasteiger charge is -2.36. The molecule has 1 aliphatic rings. The summed E-state index contributed by atoms with van der Waals surface area (Å²) in [5, 5.41) is 8.71. The van der Waals surface area contributed by atoms with Crippen molar-refractivity contribution in [2.45, 2.75) is 66.7 Å². The van der Waals surface area contributed by atoms with Crippen LogP contribution in [-0.4, -0.2) is 5.78 Å². The van der Waals surface area contributed by atoms with Gasteiger partial charge in [0, 0.05) is 12.3 Å². The molecule has 132 valence electrons. The molecule has 2 heteroatoms. The first-order valence-corrected chi connectivity index (χ1v) is 9.48. The molecule has 24 heavy (non-hydrogen) atoms. The van der Waals surface area contributed by atoms with Gasteiger partial charge in [0.25, 0.3) is 0 Å². The molecule has 1 saturated carbocycles. The Kier molecular flexibility index (Phi) is 8.76. The van der Waals surface area contributed by atoms with E-state index < -0.39 is 0 Å². The Bertz CT molecular complexity index is 538. The van der Waals surface area contributed by atoms with Gasteiger partial charge in [-0.15, -0.1) is 0 Å². The first-order chi connectivity index (χ1) is 11.5. The number of carbonyl (C=O) groups excluding carboxylic acids is 1. The second kappa shape index (κ2) is 10.3. The fourth-order valence-electron chi connectivity index (χ4n) is 3.77. The zero-order chi connectivity index (χ0) is 18.1. The Morgan fingerprint density at radius 3 is 2.29 bits per heavy atom. The summed E-state index contributed by atoms with van der Waals surface area (Å²) in [5.41, 5.74) is 2.09. The van der Waals surface area contributed by atoms with Gasteiger partial charge in [-0.05, 0) is 41.7 Å². The number of benzene rings is 1. The molecule has 1 fully saturated rings. The zero-order valence-electron chi connectivity index (χ0n) is 16.0. The summed E-state index contributed by atoms with van der Waals surface area (Å²) in [7, 11) is 0. The third-order valence-electron chi connectivity index (χ3n) is 5.12. The molecule has 2 nitrogen and oxygen atoms in total. The van der Waals surface area contributed by atoms with Crippen molar-refractivity contribution in [3.8, 4) is 6.07 Å². The Hall–Kier alpha value is -1.62. The van der Waals surface area contributed by atoms with Gasteiger partial charge in [0.2, 0.25) is 0 Å². The Labute approximate surface area is 148 Å². The van der Waals surface area contributed by atoms with Gasteiger partial charge in [0.05, 0.1) is 12.5 Å². The molecular formula is C22H33NO. The number of hydrogen-bond acceptors (Lipinski definition) is 2. The molecule has 0 N–H and O–H groups in total. The quantitative estimate of drug-likeness (QED) is 0.706. The first-order valence-electron chi connectivity index (χ1n) is 9.48. The van der Waals surface area contributed by atoms with Crippen LogP contribution in [0.2, 0.25) is 0 Å². The van der Waals surface area contributed by atoms with E-state index in [0.717, 1.165) is 17.5 Å². The minimum absolute atomic E-state index is 0.225. The Balaban J connectivity index is 0.00000139. The van der Waals surface area contributed by atoms with Crippen molar-refractivity contribution in [1.29, 1.82) is 5.26 Å². The summed E-state index contributed by atoms with van der Waals surface area (Å²) in [4.78, 5) is 12.8. The molecule has 0 aliphatic heterocycles. The van der Waals surface area contributed by atoms with E-state index in [1.165, 1.54) is 12.8 Å². The highest BCUT2D eigenvalue weighted by Gasteiger charge is 2.34. The molecule has 0 radical (unpaired) electrons. The van der Waals surface area contributed by atoms with Crippen LogP contribution in [0.3, 0.4) is 0 Å². The summed E-state index contributed by atoms with van der Waals surface area (Å²) in [5.74, 6) is 2.42. The minimum atomic E-state index is 0.225. The zero-order valence-corrected chi connectivity index (χ0v) is 16.0. The predicted octanol–water partition coefficient (Wildman–Crippen LogP) is 5.60. The fourth-order valence-corrected chi connectivity index (χ4v) is 3.77. The van der Waals surface area contributed by atoms with E-state index in [-0.39, 0.29) is 5.92 Å². The van der Waals surface area contributed by atoms with Crippen LogP contribution in [-0.2, 0) is 17.6 Å². The smallest absolute Gasteiger partial charge is 0.140 e. The van der Waals surface area contributed by atoms with E-state index in [9.17, 15) is 4.79 Å². The molecule has 0 heterocycles. The van der Waals surface area contributed by atoms with Gasteiger partial charge in [0.15, 0.2) is 0 Å². The van der Waals surface area contributed by atoms with Crippen LogP contribution < -0.4 is 0 Å².